The first-order valence-electron chi connectivity index (χ1n) is 3.60. The van der Waals surface area contributed by atoms with Crippen LogP contribution < -0.4 is 4.52 Å². The van der Waals surface area contributed by atoms with Gasteiger partial charge in [0, 0.05) is 21.6 Å². The van der Waals surface area contributed by atoms with Crippen LogP contribution in [0.1, 0.15) is 5.56 Å². The first kappa shape index (κ1) is 11.7. The summed E-state index contributed by atoms with van der Waals surface area (Å²) in [5, 5.41) is 0. The van der Waals surface area contributed by atoms with Crippen molar-refractivity contribution in [1.82, 2.24) is 0 Å². The predicted molar refractivity (Wildman–Crippen MR) is 57.5 cm³/mol. The standard InChI is InChI=1S/C7H7O4PS2/c8-12(9,13)11-7-3-1-6(2-4-7)5-14-10/h1-4H,5H2,(H-,8,9,13)/p+1. The van der Waals surface area contributed by atoms with Crippen molar-refractivity contribution >= 4 is 30.2 Å². The van der Waals surface area contributed by atoms with Crippen LogP contribution in [0.3, 0.4) is 0 Å². The molecule has 2 N–H and O–H groups in total. The maximum Gasteiger partial charge on any atom is 0.463 e. The van der Waals surface area contributed by atoms with Gasteiger partial charge in [-0.2, -0.15) is 0 Å². The van der Waals surface area contributed by atoms with Crippen LogP contribution in [0.25, 0.3) is 0 Å². The lowest BCUT2D eigenvalue weighted by atomic mass is 10.2. The SMILES string of the molecule is O=[S+]Cc1ccc(OP(O)(O)=S)cc1. The monoisotopic (exact) mass is 251 g/mol. The zero-order valence-corrected chi connectivity index (χ0v) is 9.52. The van der Waals surface area contributed by atoms with Crippen molar-refractivity contribution in [1.29, 1.82) is 0 Å². The Morgan fingerprint density at radius 1 is 1.36 bits per heavy atom. The predicted octanol–water partition coefficient (Wildman–Crippen LogP) is 1.20. The van der Waals surface area contributed by atoms with Gasteiger partial charge < -0.3 is 14.3 Å². The fraction of sp³-hybridized carbons (Fsp3) is 0.143. The van der Waals surface area contributed by atoms with Crippen LogP contribution in [0, 0.1) is 0 Å². The highest BCUT2D eigenvalue weighted by molar-refractivity contribution is 8.06. The summed E-state index contributed by atoms with van der Waals surface area (Å²) in [4.78, 5) is 17.7. The van der Waals surface area contributed by atoms with Crippen molar-refractivity contribution < 1.29 is 18.5 Å². The molecule has 76 valence electrons. The van der Waals surface area contributed by atoms with E-state index in [1.165, 1.54) is 0 Å². The van der Waals surface area contributed by atoms with Crippen LogP contribution in [-0.4, -0.2) is 9.79 Å². The molecule has 0 fully saturated rings. The second kappa shape index (κ2) is 4.91. The molecule has 14 heavy (non-hydrogen) atoms. The van der Waals surface area contributed by atoms with E-state index in [-0.39, 0.29) is 5.75 Å². The lowest BCUT2D eigenvalue weighted by Gasteiger charge is -2.09. The van der Waals surface area contributed by atoms with Gasteiger partial charge in [0.05, 0.1) is 0 Å². The largest absolute Gasteiger partial charge is 0.463 e. The Kier molecular flexibility index (Phi) is 4.10. The molecule has 1 aromatic rings. The molecule has 1 aromatic carbocycles. The van der Waals surface area contributed by atoms with Gasteiger partial charge in [-0.3, -0.25) is 0 Å². The second-order valence-corrected chi connectivity index (χ2v) is 5.60. The van der Waals surface area contributed by atoms with E-state index in [4.69, 9.17) is 9.79 Å². The summed E-state index contributed by atoms with van der Waals surface area (Å²) in [5.74, 6) is 0.658. The van der Waals surface area contributed by atoms with Gasteiger partial charge in [-0.1, -0.05) is 0 Å². The van der Waals surface area contributed by atoms with E-state index in [1.54, 1.807) is 24.3 Å². The van der Waals surface area contributed by atoms with Gasteiger partial charge >= 0.3 is 18.4 Å². The molecule has 0 aromatic heterocycles. The first-order chi connectivity index (χ1) is 6.51. The summed E-state index contributed by atoms with van der Waals surface area (Å²) in [5.41, 5.74) is 0.849. The average Bonchev–Trinajstić information content (AvgIpc) is 2.06. The van der Waals surface area contributed by atoms with E-state index in [0.29, 0.717) is 17.4 Å². The Balaban J connectivity index is 2.73. The summed E-state index contributed by atoms with van der Waals surface area (Å²) < 4.78 is 14.9. The molecule has 7 heteroatoms. The van der Waals surface area contributed by atoms with Gasteiger partial charge in [0.2, 0.25) is 0 Å². The Labute approximate surface area is 90.3 Å². The zero-order chi connectivity index (χ0) is 10.6. The van der Waals surface area contributed by atoms with Crippen LogP contribution in [0.5, 0.6) is 5.75 Å². The van der Waals surface area contributed by atoms with Crippen LogP contribution in [0.4, 0.5) is 0 Å². The number of hydrogen-bond acceptors (Lipinski definition) is 3. The van der Waals surface area contributed by atoms with Crippen molar-refractivity contribution in [3.8, 4) is 5.75 Å². The molecule has 1 rings (SSSR count). The molecule has 0 radical (unpaired) electrons. The Morgan fingerprint density at radius 2 is 1.93 bits per heavy atom. The maximum absolute atomic E-state index is 10.2. The Hall–Kier alpha value is -0.390. The van der Waals surface area contributed by atoms with Crippen LogP contribution in [0.2, 0.25) is 0 Å². The molecule has 0 spiro atoms. The smallest absolute Gasteiger partial charge is 0.424 e. The molecule has 0 atom stereocenters. The summed E-state index contributed by atoms with van der Waals surface area (Å²) in [6.07, 6.45) is 0. The second-order valence-electron chi connectivity index (χ2n) is 2.49. The summed E-state index contributed by atoms with van der Waals surface area (Å²) in [7, 11) is 0. The van der Waals surface area contributed by atoms with Gasteiger partial charge in [-0.05, 0) is 24.3 Å². The highest BCUT2D eigenvalue weighted by Gasteiger charge is 2.10. The van der Waals surface area contributed by atoms with E-state index in [2.05, 4.69) is 16.3 Å². The zero-order valence-electron chi connectivity index (χ0n) is 6.99. The van der Waals surface area contributed by atoms with Crippen molar-refractivity contribution in [2.75, 3.05) is 0 Å². The van der Waals surface area contributed by atoms with Gasteiger partial charge in [0.1, 0.15) is 5.75 Å². The summed E-state index contributed by atoms with van der Waals surface area (Å²) >= 11 is 4.77. The maximum atomic E-state index is 10.2. The molecule has 0 saturated heterocycles. The van der Waals surface area contributed by atoms with Gasteiger partial charge in [-0.25, -0.2) is 0 Å². The fourth-order valence-electron chi connectivity index (χ4n) is 0.852. The Bertz CT molecular complexity index is 358. The number of hydrogen-bond donors (Lipinski definition) is 2. The van der Waals surface area contributed by atoms with E-state index in [1.807, 2.05) is 0 Å². The molecule has 0 heterocycles. The lowest BCUT2D eigenvalue weighted by molar-refractivity contribution is 0.370. The average molecular weight is 251 g/mol. The molecule has 4 nitrogen and oxygen atoms in total. The van der Waals surface area contributed by atoms with Crippen molar-refractivity contribution in [3.05, 3.63) is 29.8 Å². The molecule has 0 aliphatic heterocycles. The molecule has 0 saturated carbocycles. The molecular formula is C7H8O4PS2+. The van der Waals surface area contributed by atoms with Gasteiger partial charge in [0.25, 0.3) is 5.75 Å². The van der Waals surface area contributed by atoms with Crippen molar-refractivity contribution in [2.24, 2.45) is 0 Å². The molecular weight excluding hydrogens is 243 g/mol. The quantitative estimate of drug-likeness (QED) is 0.621. The fourth-order valence-corrected chi connectivity index (χ4v) is 1.83. The van der Waals surface area contributed by atoms with Crippen molar-refractivity contribution in [3.63, 3.8) is 0 Å². The highest BCUT2D eigenvalue weighted by Crippen LogP contribution is 2.37. The topological polar surface area (TPSA) is 66.8 Å². The van der Waals surface area contributed by atoms with Crippen LogP contribution in [-0.2, 0) is 33.4 Å². The number of benzene rings is 1. The third-order valence-corrected chi connectivity index (χ3v) is 2.50. The van der Waals surface area contributed by atoms with Gasteiger partial charge in [-0.15, -0.1) is 0 Å². The van der Waals surface area contributed by atoms with Crippen molar-refractivity contribution in [2.45, 2.75) is 5.75 Å². The third kappa shape index (κ3) is 4.21. The Morgan fingerprint density at radius 3 is 2.36 bits per heavy atom. The van der Waals surface area contributed by atoms with Crippen LogP contribution in [0.15, 0.2) is 24.3 Å². The lowest BCUT2D eigenvalue weighted by Crippen LogP contribution is -1.90. The summed E-state index contributed by atoms with van der Waals surface area (Å²) in [6, 6.07) is 6.43. The third-order valence-electron chi connectivity index (χ3n) is 1.37. The number of rotatable bonds is 4. The molecule has 0 unspecified atom stereocenters. The molecule has 0 amide bonds. The summed E-state index contributed by atoms with van der Waals surface area (Å²) in [6.45, 7) is -3.65. The first-order valence-corrected chi connectivity index (χ1v) is 7.14. The normalized spacial score (nSPS) is 11.0. The van der Waals surface area contributed by atoms with E-state index >= 15 is 0 Å². The molecule has 0 aliphatic carbocycles. The van der Waals surface area contributed by atoms with E-state index < -0.39 is 6.72 Å². The minimum absolute atomic E-state index is 0.290. The van der Waals surface area contributed by atoms with E-state index in [0.717, 1.165) is 5.56 Å². The van der Waals surface area contributed by atoms with Crippen LogP contribution >= 0.6 is 6.72 Å². The minimum Gasteiger partial charge on any atom is -0.424 e. The molecule has 0 aliphatic rings. The van der Waals surface area contributed by atoms with Gasteiger partial charge in [0.15, 0.2) is 0 Å². The highest BCUT2D eigenvalue weighted by atomic mass is 32.5. The molecule has 0 bridgehead atoms. The minimum atomic E-state index is -3.65. The van der Waals surface area contributed by atoms with E-state index in [9.17, 15) is 4.21 Å².